The predicted molar refractivity (Wildman–Crippen MR) is 101 cm³/mol. The molecule has 1 aromatic carbocycles. The van der Waals surface area contributed by atoms with Crippen LogP contribution in [0.1, 0.15) is 55.1 Å². The molecule has 0 atom stereocenters. The normalized spacial score (nSPS) is 15.0. The molecule has 132 valence electrons. The smallest absolute Gasteiger partial charge is 0.277 e. The third-order valence-electron chi connectivity index (χ3n) is 4.69. The number of aryl methyl sites for hydroxylation is 1. The second-order valence-corrected chi connectivity index (χ2v) is 6.63. The van der Waals surface area contributed by atoms with Crippen molar-refractivity contribution in [1.82, 2.24) is 9.97 Å². The van der Waals surface area contributed by atoms with Gasteiger partial charge in [-0.3, -0.25) is 4.79 Å². The van der Waals surface area contributed by atoms with Gasteiger partial charge in [-0.05, 0) is 50.5 Å². The van der Waals surface area contributed by atoms with Crippen LogP contribution in [-0.4, -0.2) is 28.5 Å². The highest BCUT2D eigenvalue weighted by Crippen LogP contribution is 2.21. The van der Waals surface area contributed by atoms with Gasteiger partial charge < -0.3 is 10.2 Å². The lowest BCUT2D eigenvalue weighted by atomic mass is 9.96. The number of nitrogens with zero attached hydrogens (tertiary/aromatic N) is 3. The molecule has 1 saturated carbocycles. The highest BCUT2D eigenvalue weighted by Gasteiger charge is 2.19. The van der Waals surface area contributed by atoms with Crippen molar-refractivity contribution in [2.24, 2.45) is 0 Å². The minimum atomic E-state index is -0.0952. The van der Waals surface area contributed by atoms with E-state index in [0.717, 1.165) is 24.1 Å². The van der Waals surface area contributed by atoms with E-state index in [1.807, 2.05) is 38.1 Å². The van der Waals surface area contributed by atoms with E-state index in [-0.39, 0.29) is 5.91 Å². The Morgan fingerprint density at radius 2 is 2.04 bits per heavy atom. The van der Waals surface area contributed by atoms with Gasteiger partial charge >= 0.3 is 0 Å². The van der Waals surface area contributed by atoms with E-state index in [2.05, 4.69) is 15.3 Å². The summed E-state index contributed by atoms with van der Waals surface area (Å²) < 4.78 is 0. The van der Waals surface area contributed by atoms with E-state index in [0.29, 0.717) is 24.2 Å². The van der Waals surface area contributed by atoms with Crippen molar-refractivity contribution < 1.29 is 4.79 Å². The largest absolute Gasteiger partial charge is 0.351 e. The molecule has 5 heteroatoms. The molecule has 3 rings (SSSR count). The second kappa shape index (κ2) is 8.10. The van der Waals surface area contributed by atoms with Crippen molar-refractivity contribution in [2.45, 2.75) is 52.0 Å². The van der Waals surface area contributed by atoms with Crippen molar-refractivity contribution in [1.29, 1.82) is 0 Å². The van der Waals surface area contributed by atoms with Gasteiger partial charge in [0.2, 0.25) is 5.95 Å². The number of benzene rings is 1. The Morgan fingerprint density at radius 1 is 1.24 bits per heavy atom. The van der Waals surface area contributed by atoms with Crippen LogP contribution in [0.2, 0.25) is 0 Å². The number of hydrogen-bond acceptors (Lipinski definition) is 4. The Kier molecular flexibility index (Phi) is 5.64. The maximum atomic E-state index is 12.9. The molecule has 1 aliphatic carbocycles. The van der Waals surface area contributed by atoms with Crippen molar-refractivity contribution in [2.75, 3.05) is 16.8 Å². The number of nitrogens with one attached hydrogen (secondary N) is 1. The number of hydrogen-bond donors (Lipinski definition) is 1. The highest BCUT2D eigenvalue weighted by atomic mass is 16.2. The minimum Gasteiger partial charge on any atom is -0.351 e. The molecule has 1 aliphatic rings. The number of aromatic nitrogens is 2. The summed E-state index contributed by atoms with van der Waals surface area (Å²) in [5.41, 5.74) is 2.45. The zero-order valence-electron chi connectivity index (χ0n) is 15.0. The van der Waals surface area contributed by atoms with Gasteiger partial charge in [0.15, 0.2) is 0 Å². The van der Waals surface area contributed by atoms with Crippen molar-refractivity contribution in [3.05, 3.63) is 47.8 Å². The Labute approximate surface area is 149 Å². The molecule has 1 fully saturated rings. The first-order chi connectivity index (χ1) is 12.2. The lowest BCUT2D eigenvalue weighted by molar-refractivity contribution is 0.0983. The fourth-order valence-electron chi connectivity index (χ4n) is 3.35. The topological polar surface area (TPSA) is 58.1 Å². The molecular weight excluding hydrogens is 312 g/mol. The highest BCUT2D eigenvalue weighted by molar-refractivity contribution is 6.04. The molecule has 0 aliphatic heterocycles. The molecular formula is C20H26N4O. The van der Waals surface area contributed by atoms with Gasteiger partial charge in [-0.1, -0.05) is 31.4 Å². The number of carbonyl (C=O) groups excluding carboxylic acids is 1. The van der Waals surface area contributed by atoms with Gasteiger partial charge in [0.05, 0.1) is 0 Å². The van der Waals surface area contributed by atoms with Gasteiger partial charge in [0, 0.05) is 24.5 Å². The van der Waals surface area contributed by atoms with E-state index in [1.54, 1.807) is 17.2 Å². The van der Waals surface area contributed by atoms with Gasteiger partial charge in [-0.15, -0.1) is 0 Å². The molecule has 0 bridgehead atoms. The predicted octanol–water partition coefficient (Wildman–Crippen LogP) is 4.20. The van der Waals surface area contributed by atoms with Crippen LogP contribution in [0.4, 0.5) is 11.6 Å². The summed E-state index contributed by atoms with van der Waals surface area (Å²) in [5.74, 6) is 0.459. The first kappa shape index (κ1) is 17.4. The van der Waals surface area contributed by atoms with Crippen molar-refractivity contribution in [3.8, 4) is 0 Å². The number of rotatable bonds is 5. The molecule has 25 heavy (non-hydrogen) atoms. The molecule has 1 N–H and O–H groups in total. The molecule has 2 aromatic rings. The number of anilines is 2. The van der Waals surface area contributed by atoms with E-state index in [9.17, 15) is 4.79 Å². The monoisotopic (exact) mass is 338 g/mol. The zero-order chi connectivity index (χ0) is 17.6. The van der Waals surface area contributed by atoms with E-state index < -0.39 is 0 Å². The van der Waals surface area contributed by atoms with E-state index in [4.69, 9.17) is 0 Å². The van der Waals surface area contributed by atoms with Crippen LogP contribution in [-0.2, 0) is 0 Å². The standard InChI is InChI=1S/C20H26N4O/c1-3-24(17-11-7-8-15(2)14-17)19(25)18-12-13-21-20(23-18)22-16-9-5-4-6-10-16/h7-8,11-14,16H,3-6,9-10H2,1-2H3,(H,21,22,23). The lowest BCUT2D eigenvalue weighted by Crippen LogP contribution is -2.32. The summed E-state index contributed by atoms with van der Waals surface area (Å²) in [5, 5.41) is 3.39. The Bertz CT molecular complexity index is 725. The van der Waals surface area contributed by atoms with Crippen LogP contribution >= 0.6 is 0 Å². The summed E-state index contributed by atoms with van der Waals surface area (Å²) in [4.78, 5) is 23.5. The summed E-state index contributed by atoms with van der Waals surface area (Å²) in [6.45, 7) is 4.60. The van der Waals surface area contributed by atoms with Crippen LogP contribution in [0.5, 0.6) is 0 Å². The van der Waals surface area contributed by atoms with Gasteiger partial charge in [0.25, 0.3) is 5.91 Å². The summed E-state index contributed by atoms with van der Waals surface area (Å²) in [7, 11) is 0. The number of carbonyl (C=O) groups is 1. The Morgan fingerprint density at radius 3 is 2.76 bits per heavy atom. The Balaban J connectivity index is 1.77. The van der Waals surface area contributed by atoms with Crippen LogP contribution in [0.25, 0.3) is 0 Å². The van der Waals surface area contributed by atoms with Crippen LogP contribution < -0.4 is 10.2 Å². The average Bonchev–Trinajstić information content (AvgIpc) is 2.63. The van der Waals surface area contributed by atoms with E-state index >= 15 is 0 Å². The maximum Gasteiger partial charge on any atom is 0.277 e. The lowest BCUT2D eigenvalue weighted by Gasteiger charge is -2.23. The third-order valence-corrected chi connectivity index (χ3v) is 4.69. The molecule has 0 saturated heterocycles. The first-order valence-corrected chi connectivity index (χ1v) is 9.15. The molecule has 1 amide bonds. The summed E-state index contributed by atoms with van der Waals surface area (Å²) >= 11 is 0. The Hall–Kier alpha value is -2.43. The third kappa shape index (κ3) is 4.35. The summed E-state index contributed by atoms with van der Waals surface area (Å²) in [6.07, 6.45) is 7.74. The maximum absolute atomic E-state index is 12.9. The van der Waals surface area contributed by atoms with Crippen molar-refractivity contribution >= 4 is 17.5 Å². The SMILES string of the molecule is CCN(C(=O)c1ccnc(NC2CCCCC2)n1)c1cccc(C)c1. The first-order valence-electron chi connectivity index (χ1n) is 9.15. The van der Waals surface area contributed by atoms with E-state index in [1.165, 1.54) is 19.3 Å². The van der Waals surface area contributed by atoms with Gasteiger partial charge in [-0.2, -0.15) is 0 Å². The van der Waals surface area contributed by atoms with Crippen molar-refractivity contribution in [3.63, 3.8) is 0 Å². The minimum absolute atomic E-state index is 0.0952. The molecule has 1 heterocycles. The fourth-order valence-corrected chi connectivity index (χ4v) is 3.35. The molecule has 0 radical (unpaired) electrons. The van der Waals surface area contributed by atoms with Gasteiger partial charge in [-0.25, -0.2) is 9.97 Å². The summed E-state index contributed by atoms with van der Waals surface area (Å²) in [6, 6.07) is 10.1. The molecule has 0 spiro atoms. The quantitative estimate of drug-likeness (QED) is 0.888. The molecule has 5 nitrogen and oxygen atoms in total. The molecule has 1 aromatic heterocycles. The number of amides is 1. The van der Waals surface area contributed by atoms with Crippen LogP contribution in [0.15, 0.2) is 36.5 Å². The zero-order valence-corrected chi connectivity index (χ0v) is 15.0. The fraction of sp³-hybridized carbons (Fsp3) is 0.450. The van der Waals surface area contributed by atoms with Crippen LogP contribution in [0.3, 0.4) is 0 Å². The molecule has 0 unspecified atom stereocenters. The van der Waals surface area contributed by atoms with Gasteiger partial charge in [0.1, 0.15) is 5.69 Å². The average molecular weight is 338 g/mol. The van der Waals surface area contributed by atoms with Crippen LogP contribution in [0, 0.1) is 6.92 Å². The second-order valence-electron chi connectivity index (χ2n) is 6.63.